The molecule has 2 aliphatic heterocycles. The van der Waals surface area contributed by atoms with Gasteiger partial charge in [0.25, 0.3) is 11.5 Å². The summed E-state index contributed by atoms with van der Waals surface area (Å²) in [4.78, 5) is 38.7. The zero-order valence-electron chi connectivity index (χ0n) is 17.2. The van der Waals surface area contributed by atoms with Crippen LogP contribution in [0.1, 0.15) is 35.5 Å². The van der Waals surface area contributed by atoms with Crippen molar-refractivity contribution in [3.63, 3.8) is 0 Å². The predicted octanol–water partition coefficient (Wildman–Crippen LogP) is 3.33. The van der Waals surface area contributed by atoms with Crippen molar-refractivity contribution in [2.45, 2.75) is 25.8 Å². The average molecular weight is 417 g/mol. The Kier molecular flexibility index (Phi) is 4.73. The fourth-order valence-electron chi connectivity index (χ4n) is 4.92. The molecule has 2 aromatic heterocycles. The fourth-order valence-corrected chi connectivity index (χ4v) is 4.92. The van der Waals surface area contributed by atoms with Gasteiger partial charge in [0.05, 0.1) is 6.26 Å². The molecule has 7 heteroatoms. The molecule has 0 spiro atoms. The van der Waals surface area contributed by atoms with Crippen LogP contribution in [0.15, 0.2) is 64.0 Å². The first kappa shape index (κ1) is 19.4. The topological polar surface area (TPSA) is 84.5 Å². The van der Waals surface area contributed by atoms with E-state index in [2.05, 4.69) is 5.32 Å². The zero-order valence-corrected chi connectivity index (χ0v) is 17.2. The lowest BCUT2D eigenvalue weighted by Gasteiger charge is -2.43. The number of rotatable bonds is 3. The van der Waals surface area contributed by atoms with Gasteiger partial charge in [-0.1, -0.05) is 12.1 Å². The number of furan rings is 1. The number of likely N-dealkylation sites (tertiary alicyclic amines) is 1. The maximum absolute atomic E-state index is 12.9. The molecule has 2 bridgehead atoms. The van der Waals surface area contributed by atoms with E-state index in [0.29, 0.717) is 25.4 Å². The Hall–Kier alpha value is -3.61. The van der Waals surface area contributed by atoms with E-state index >= 15 is 0 Å². The van der Waals surface area contributed by atoms with Gasteiger partial charge in [0.15, 0.2) is 5.76 Å². The summed E-state index contributed by atoms with van der Waals surface area (Å²) in [6.07, 6.45) is 2.46. The minimum atomic E-state index is -0.119. The third-order valence-corrected chi connectivity index (χ3v) is 6.13. The van der Waals surface area contributed by atoms with Gasteiger partial charge in [-0.05, 0) is 48.2 Å². The van der Waals surface area contributed by atoms with Gasteiger partial charge in [0, 0.05) is 55.5 Å². The average Bonchev–Trinajstić information content (AvgIpc) is 3.29. The van der Waals surface area contributed by atoms with Gasteiger partial charge in [-0.25, -0.2) is 0 Å². The van der Waals surface area contributed by atoms with E-state index in [1.807, 2.05) is 39.8 Å². The van der Waals surface area contributed by atoms with Gasteiger partial charge in [0.2, 0.25) is 5.91 Å². The fraction of sp³-hybridized carbons (Fsp3) is 0.292. The first-order valence-electron chi connectivity index (χ1n) is 10.4. The van der Waals surface area contributed by atoms with E-state index in [4.69, 9.17) is 4.42 Å². The molecule has 4 heterocycles. The first-order valence-corrected chi connectivity index (χ1v) is 10.4. The molecule has 1 fully saturated rings. The van der Waals surface area contributed by atoms with E-state index in [1.54, 1.807) is 18.2 Å². The first-order chi connectivity index (χ1) is 15.0. The quantitative estimate of drug-likeness (QED) is 0.709. The highest BCUT2D eigenvalue weighted by Crippen LogP contribution is 2.40. The number of anilines is 1. The number of hydrogen-bond acceptors (Lipinski definition) is 4. The lowest BCUT2D eigenvalue weighted by molar-refractivity contribution is -0.114. The molecule has 1 aromatic carbocycles. The molecule has 0 aliphatic carbocycles. The Morgan fingerprint density at radius 2 is 1.84 bits per heavy atom. The van der Waals surface area contributed by atoms with Crippen LogP contribution >= 0.6 is 0 Å². The molecule has 3 aromatic rings. The summed E-state index contributed by atoms with van der Waals surface area (Å²) in [6, 6.07) is 14.5. The minimum Gasteiger partial charge on any atom is -0.459 e. The Balaban J connectivity index is 1.51. The van der Waals surface area contributed by atoms with Crippen molar-refractivity contribution in [3.8, 4) is 11.1 Å². The Morgan fingerprint density at radius 3 is 2.55 bits per heavy atom. The lowest BCUT2D eigenvalue weighted by Crippen LogP contribution is -2.49. The zero-order chi connectivity index (χ0) is 21.5. The van der Waals surface area contributed by atoms with E-state index in [1.165, 1.54) is 13.2 Å². The highest BCUT2D eigenvalue weighted by molar-refractivity contribution is 5.91. The van der Waals surface area contributed by atoms with Crippen LogP contribution in [0.2, 0.25) is 0 Å². The van der Waals surface area contributed by atoms with Crippen LogP contribution in [0, 0.1) is 5.92 Å². The predicted molar refractivity (Wildman–Crippen MR) is 116 cm³/mol. The van der Waals surface area contributed by atoms with Crippen molar-refractivity contribution in [2.24, 2.45) is 5.92 Å². The van der Waals surface area contributed by atoms with Crippen molar-refractivity contribution >= 4 is 17.5 Å². The SMILES string of the molecule is CC(=O)Nc1ccc(-c2ccc(=O)n3c2[C@H]2C[C@@H](CN(C(=O)c4ccco4)C2)C3)cc1. The maximum Gasteiger partial charge on any atom is 0.289 e. The summed E-state index contributed by atoms with van der Waals surface area (Å²) in [5, 5.41) is 2.77. The molecule has 0 unspecified atom stereocenters. The summed E-state index contributed by atoms with van der Waals surface area (Å²) in [7, 11) is 0. The number of amides is 2. The summed E-state index contributed by atoms with van der Waals surface area (Å²) in [5.41, 5.74) is 3.67. The second-order valence-electron chi connectivity index (χ2n) is 8.33. The van der Waals surface area contributed by atoms with Crippen molar-refractivity contribution in [1.82, 2.24) is 9.47 Å². The van der Waals surface area contributed by atoms with Crippen LogP contribution in [0.3, 0.4) is 0 Å². The molecular weight excluding hydrogens is 394 g/mol. The standard InChI is InChI=1S/C24H23N3O4/c1-15(28)25-19-6-4-17(5-7-19)20-8-9-22(29)27-13-16-11-18(23(20)27)14-26(12-16)24(30)21-3-2-10-31-21/h2-10,16,18H,11-14H2,1H3,(H,25,28)/t16-,18-/m0/s1. The van der Waals surface area contributed by atoms with Crippen LogP contribution in [0.25, 0.3) is 11.1 Å². The van der Waals surface area contributed by atoms with Crippen LogP contribution < -0.4 is 10.9 Å². The number of nitrogens with zero attached hydrogens (tertiary/aromatic N) is 2. The Bertz CT molecular complexity index is 1190. The molecule has 5 rings (SSSR count). The van der Waals surface area contributed by atoms with Crippen LogP contribution in [-0.2, 0) is 11.3 Å². The number of hydrogen-bond donors (Lipinski definition) is 1. The second kappa shape index (κ2) is 7.58. The van der Waals surface area contributed by atoms with E-state index in [-0.39, 0.29) is 29.2 Å². The van der Waals surface area contributed by atoms with E-state index in [0.717, 1.165) is 28.9 Å². The highest BCUT2D eigenvalue weighted by Gasteiger charge is 2.38. The van der Waals surface area contributed by atoms with Gasteiger partial charge in [-0.3, -0.25) is 14.4 Å². The smallest absolute Gasteiger partial charge is 0.289 e. The summed E-state index contributed by atoms with van der Waals surface area (Å²) in [6.45, 7) is 3.25. The number of benzene rings is 1. The van der Waals surface area contributed by atoms with Crippen molar-refractivity contribution in [3.05, 3.63) is 76.6 Å². The van der Waals surface area contributed by atoms with Crippen molar-refractivity contribution in [1.29, 1.82) is 0 Å². The van der Waals surface area contributed by atoms with Gasteiger partial charge in [-0.2, -0.15) is 0 Å². The second-order valence-corrected chi connectivity index (χ2v) is 8.33. The van der Waals surface area contributed by atoms with Gasteiger partial charge >= 0.3 is 0 Å². The summed E-state index contributed by atoms with van der Waals surface area (Å²) >= 11 is 0. The molecular formula is C24H23N3O4. The molecule has 0 radical (unpaired) electrons. The molecule has 1 N–H and O–H groups in total. The number of pyridine rings is 1. The number of carbonyl (C=O) groups excluding carboxylic acids is 2. The monoisotopic (exact) mass is 417 g/mol. The van der Waals surface area contributed by atoms with Crippen molar-refractivity contribution in [2.75, 3.05) is 18.4 Å². The third-order valence-electron chi connectivity index (χ3n) is 6.13. The largest absolute Gasteiger partial charge is 0.459 e. The summed E-state index contributed by atoms with van der Waals surface area (Å²) in [5.74, 6) is 0.434. The normalized spacial score (nSPS) is 19.6. The maximum atomic E-state index is 12.9. The van der Waals surface area contributed by atoms with Crippen LogP contribution in [-0.4, -0.2) is 34.4 Å². The lowest BCUT2D eigenvalue weighted by atomic mass is 9.80. The van der Waals surface area contributed by atoms with Gasteiger partial charge < -0.3 is 19.2 Å². The highest BCUT2D eigenvalue weighted by atomic mass is 16.3. The molecule has 1 saturated heterocycles. The summed E-state index contributed by atoms with van der Waals surface area (Å²) < 4.78 is 7.19. The molecule has 31 heavy (non-hydrogen) atoms. The molecule has 0 saturated carbocycles. The van der Waals surface area contributed by atoms with E-state index in [9.17, 15) is 14.4 Å². The number of carbonyl (C=O) groups is 2. The number of fused-ring (bicyclic) bond motifs is 4. The molecule has 2 amide bonds. The van der Waals surface area contributed by atoms with Crippen LogP contribution in [0.5, 0.6) is 0 Å². The number of aromatic nitrogens is 1. The van der Waals surface area contributed by atoms with Gasteiger partial charge in [0.1, 0.15) is 0 Å². The number of piperidine rings is 1. The number of nitrogens with one attached hydrogen (secondary N) is 1. The Morgan fingerprint density at radius 1 is 1.03 bits per heavy atom. The van der Waals surface area contributed by atoms with Crippen molar-refractivity contribution < 1.29 is 14.0 Å². The van der Waals surface area contributed by atoms with Gasteiger partial charge in [-0.15, -0.1) is 0 Å². The molecule has 2 atom stereocenters. The Labute approximate surface area is 179 Å². The molecule has 7 nitrogen and oxygen atoms in total. The van der Waals surface area contributed by atoms with Crippen LogP contribution in [0.4, 0.5) is 5.69 Å². The molecule has 2 aliphatic rings. The van der Waals surface area contributed by atoms with E-state index < -0.39 is 0 Å². The minimum absolute atomic E-state index is 0.00544. The molecule has 158 valence electrons. The third kappa shape index (κ3) is 3.56.